The fourth-order valence-electron chi connectivity index (χ4n) is 6.74. The highest BCUT2D eigenvalue weighted by molar-refractivity contribution is 8.02. The summed E-state index contributed by atoms with van der Waals surface area (Å²) in [4.78, 5) is 43.2. The van der Waals surface area contributed by atoms with Crippen molar-refractivity contribution in [3.05, 3.63) is 66.7 Å². The van der Waals surface area contributed by atoms with Crippen LogP contribution in [0.15, 0.2) is 66.7 Å². The lowest BCUT2D eigenvalue weighted by Gasteiger charge is -2.34. The van der Waals surface area contributed by atoms with E-state index >= 15 is 0 Å². The Labute approximate surface area is 237 Å². The molecule has 6 rings (SSSR count). The zero-order valence-corrected chi connectivity index (χ0v) is 23.2. The number of nitrogens with one attached hydrogen (secondary N) is 2. The van der Waals surface area contributed by atoms with Crippen LogP contribution in [0.1, 0.15) is 26.2 Å². The van der Waals surface area contributed by atoms with E-state index in [1.54, 1.807) is 40.9 Å². The molecular weight excluding hydrogens is 526 g/mol. The first kappa shape index (κ1) is 26.7. The van der Waals surface area contributed by atoms with Crippen molar-refractivity contribution in [3.63, 3.8) is 0 Å². The highest BCUT2D eigenvalue weighted by Crippen LogP contribution is 2.66. The number of benzene rings is 3. The number of nitrogens with zero attached hydrogens (tertiary/aromatic N) is 1. The number of hydrogen-bond acceptors (Lipinski definition) is 6. The van der Waals surface area contributed by atoms with Crippen molar-refractivity contribution in [1.29, 1.82) is 0 Å². The van der Waals surface area contributed by atoms with Crippen LogP contribution in [0, 0.1) is 11.8 Å². The van der Waals surface area contributed by atoms with E-state index in [0.29, 0.717) is 30.8 Å². The SMILES string of the molecule is CCOc1ccc(NC(=O)[C@@H]2[C@H]3C(=O)N(CCCO)C(C(=O)Nc4ccc5ccccc5c4)C34CC[C@H]2S4)cc1. The van der Waals surface area contributed by atoms with Gasteiger partial charge in [0.25, 0.3) is 0 Å². The average Bonchev–Trinajstić information content (AvgIpc) is 3.60. The number of anilines is 2. The van der Waals surface area contributed by atoms with Gasteiger partial charge in [0.1, 0.15) is 11.8 Å². The van der Waals surface area contributed by atoms with Crippen LogP contribution in [0.2, 0.25) is 0 Å². The second-order valence-electron chi connectivity index (χ2n) is 10.7. The molecule has 5 atom stereocenters. The van der Waals surface area contributed by atoms with Crippen molar-refractivity contribution >= 4 is 51.6 Å². The molecule has 3 aliphatic rings. The Balaban J connectivity index is 1.27. The minimum atomic E-state index is -0.721. The fourth-order valence-corrected chi connectivity index (χ4v) is 8.96. The maximum Gasteiger partial charge on any atom is 0.248 e. The van der Waals surface area contributed by atoms with Gasteiger partial charge in [0.2, 0.25) is 17.7 Å². The Morgan fingerprint density at radius 1 is 1.02 bits per heavy atom. The lowest BCUT2D eigenvalue weighted by Crippen LogP contribution is -2.51. The summed E-state index contributed by atoms with van der Waals surface area (Å²) >= 11 is 1.63. The number of likely N-dealkylation sites (tertiary alicyclic amines) is 1. The van der Waals surface area contributed by atoms with Gasteiger partial charge >= 0.3 is 0 Å². The third-order valence-corrected chi connectivity index (χ3v) is 10.3. The third-order valence-electron chi connectivity index (χ3n) is 8.36. The number of carbonyl (C=O) groups excluding carboxylic acids is 3. The normalized spacial score (nSPS) is 26.6. The van der Waals surface area contributed by atoms with Crippen LogP contribution in [0.3, 0.4) is 0 Å². The predicted molar refractivity (Wildman–Crippen MR) is 156 cm³/mol. The maximum atomic E-state index is 14.0. The van der Waals surface area contributed by atoms with Gasteiger partial charge in [0.05, 0.1) is 23.2 Å². The van der Waals surface area contributed by atoms with Crippen molar-refractivity contribution in [1.82, 2.24) is 4.90 Å². The molecule has 0 aliphatic carbocycles. The summed E-state index contributed by atoms with van der Waals surface area (Å²) in [5.74, 6) is -1.02. The minimum absolute atomic E-state index is 0.0346. The Kier molecular flexibility index (Phi) is 7.18. The van der Waals surface area contributed by atoms with E-state index < -0.39 is 22.6 Å². The summed E-state index contributed by atoms with van der Waals surface area (Å²) in [6, 6.07) is 20.2. The van der Waals surface area contributed by atoms with Crippen LogP contribution < -0.4 is 15.4 Å². The molecule has 40 heavy (non-hydrogen) atoms. The molecule has 3 heterocycles. The van der Waals surface area contributed by atoms with Crippen molar-refractivity contribution in [2.75, 3.05) is 30.4 Å². The zero-order chi connectivity index (χ0) is 27.9. The van der Waals surface area contributed by atoms with Gasteiger partial charge in [-0.15, -0.1) is 11.8 Å². The smallest absolute Gasteiger partial charge is 0.248 e. The van der Waals surface area contributed by atoms with E-state index in [-0.39, 0.29) is 36.1 Å². The van der Waals surface area contributed by atoms with E-state index in [9.17, 15) is 19.5 Å². The summed E-state index contributed by atoms with van der Waals surface area (Å²) in [7, 11) is 0. The van der Waals surface area contributed by atoms with Gasteiger partial charge in [0.15, 0.2) is 0 Å². The van der Waals surface area contributed by atoms with Crippen LogP contribution in [-0.2, 0) is 14.4 Å². The molecule has 0 radical (unpaired) electrons. The molecule has 0 saturated carbocycles. The lowest BCUT2D eigenvalue weighted by molar-refractivity contribution is -0.138. The summed E-state index contributed by atoms with van der Waals surface area (Å²) in [6.45, 7) is 2.65. The molecule has 2 bridgehead atoms. The van der Waals surface area contributed by atoms with Gasteiger partial charge < -0.3 is 25.4 Å². The largest absolute Gasteiger partial charge is 0.494 e. The Morgan fingerprint density at radius 2 is 1.75 bits per heavy atom. The summed E-state index contributed by atoms with van der Waals surface area (Å²) in [5, 5.41) is 17.7. The number of ether oxygens (including phenoxy) is 1. The van der Waals surface area contributed by atoms with Gasteiger partial charge in [-0.3, -0.25) is 14.4 Å². The first-order chi connectivity index (χ1) is 19.4. The number of thioether (sulfide) groups is 1. The van der Waals surface area contributed by atoms with Gasteiger partial charge in [-0.1, -0.05) is 30.3 Å². The molecule has 3 saturated heterocycles. The van der Waals surface area contributed by atoms with Gasteiger partial charge in [-0.05, 0) is 73.4 Å². The lowest BCUT2D eigenvalue weighted by atomic mass is 9.70. The first-order valence-corrected chi connectivity index (χ1v) is 14.8. The van der Waals surface area contributed by atoms with Crippen molar-refractivity contribution in [3.8, 4) is 5.75 Å². The van der Waals surface area contributed by atoms with Gasteiger partial charge in [-0.2, -0.15) is 0 Å². The average molecular weight is 560 g/mol. The number of carbonyl (C=O) groups is 3. The molecule has 208 valence electrons. The van der Waals surface area contributed by atoms with Crippen molar-refractivity contribution in [2.45, 2.75) is 42.2 Å². The van der Waals surface area contributed by atoms with Crippen molar-refractivity contribution < 1.29 is 24.2 Å². The number of hydrogen-bond donors (Lipinski definition) is 3. The number of rotatable bonds is 9. The molecule has 3 N–H and O–H groups in total. The molecule has 3 fully saturated rings. The van der Waals surface area contributed by atoms with E-state index in [0.717, 1.165) is 22.9 Å². The second-order valence-corrected chi connectivity index (χ2v) is 12.3. The molecule has 2 unspecified atom stereocenters. The Hall–Kier alpha value is -3.56. The third kappa shape index (κ3) is 4.51. The summed E-state index contributed by atoms with van der Waals surface area (Å²) in [5.41, 5.74) is 1.31. The minimum Gasteiger partial charge on any atom is -0.494 e. The number of fused-ring (bicyclic) bond motifs is 2. The zero-order valence-electron chi connectivity index (χ0n) is 22.3. The Bertz CT molecular complexity index is 1450. The van der Waals surface area contributed by atoms with Crippen LogP contribution in [-0.4, -0.2) is 63.5 Å². The van der Waals surface area contributed by atoms with Crippen LogP contribution in [0.4, 0.5) is 11.4 Å². The molecule has 0 aromatic heterocycles. The van der Waals surface area contributed by atoms with Crippen molar-refractivity contribution in [2.24, 2.45) is 11.8 Å². The fraction of sp³-hybridized carbons (Fsp3) is 0.387. The molecule has 3 aromatic rings. The monoisotopic (exact) mass is 559 g/mol. The Morgan fingerprint density at radius 3 is 2.50 bits per heavy atom. The number of aliphatic hydroxyl groups is 1. The van der Waals surface area contributed by atoms with E-state index in [1.165, 1.54) is 0 Å². The predicted octanol–water partition coefficient (Wildman–Crippen LogP) is 4.29. The van der Waals surface area contributed by atoms with Crippen LogP contribution >= 0.6 is 11.8 Å². The van der Waals surface area contributed by atoms with Crippen LogP contribution in [0.25, 0.3) is 10.8 Å². The molecule has 3 aromatic carbocycles. The molecular formula is C31H33N3O5S. The first-order valence-electron chi connectivity index (χ1n) is 13.9. The van der Waals surface area contributed by atoms with Crippen LogP contribution in [0.5, 0.6) is 5.75 Å². The number of amides is 3. The molecule has 8 nitrogen and oxygen atoms in total. The highest BCUT2D eigenvalue weighted by atomic mass is 32.2. The molecule has 1 spiro atoms. The second kappa shape index (κ2) is 10.8. The molecule has 3 aliphatic heterocycles. The quantitative estimate of drug-likeness (QED) is 0.361. The molecule has 9 heteroatoms. The van der Waals surface area contributed by atoms with E-state index in [1.807, 2.05) is 49.4 Å². The summed E-state index contributed by atoms with van der Waals surface area (Å²) < 4.78 is 4.81. The standard InChI is InChI=1S/C31H33N3O5S/c1-2-39-23-12-10-21(11-13-23)32-28(36)25-24-14-15-31(40-24)26(25)30(38)34(16-5-17-35)27(31)29(37)33-22-9-8-19-6-3-4-7-20(19)18-22/h3-4,6-13,18,24-27,35H,2,5,14-17H2,1H3,(H,32,36)(H,33,37)/t24-,25+,26+,27?,31?/m1/s1. The van der Waals surface area contributed by atoms with Gasteiger partial charge in [-0.25, -0.2) is 0 Å². The van der Waals surface area contributed by atoms with E-state index in [4.69, 9.17) is 4.74 Å². The van der Waals surface area contributed by atoms with E-state index in [2.05, 4.69) is 10.6 Å². The topological polar surface area (TPSA) is 108 Å². The summed E-state index contributed by atoms with van der Waals surface area (Å²) in [6.07, 6.45) is 1.83. The number of aliphatic hydroxyl groups excluding tert-OH is 1. The van der Waals surface area contributed by atoms with Gasteiger partial charge in [0, 0.05) is 29.8 Å². The highest BCUT2D eigenvalue weighted by Gasteiger charge is 2.73. The maximum absolute atomic E-state index is 14.0. The molecule has 3 amide bonds.